The molecule has 0 bridgehead atoms. The van der Waals surface area contributed by atoms with Crippen molar-refractivity contribution in [1.29, 1.82) is 0 Å². The standard InChI is InChI=1S/C22H31N5O6/c1-24-15-19(28)26-17(9-10-20(29)30)21(31)25(11-6-12-33-2)14-18(26)27(24)22(32)23-13-16-7-4-3-5-8-16/h3-5,7-8,17-18H,6,9-15H2,1-2H3,(H,23,32)(H,29,30)/t17-,18-/m0/s1. The summed E-state index contributed by atoms with van der Waals surface area (Å²) in [6.07, 6.45) is -0.411. The van der Waals surface area contributed by atoms with Crippen molar-refractivity contribution in [1.82, 2.24) is 25.1 Å². The summed E-state index contributed by atoms with van der Waals surface area (Å²) < 4.78 is 5.09. The highest BCUT2D eigenvalue weighted by atomic mass is 16.5. The van der Waals surface area contributed by atoms with Gasteiger partial charge in [-0.3, -0.25) is 14.4 Å². The van der Waals surface area contributed by atoms with Crippen LogP contribution >= 0.6 is 0 Å². The molecule has 11 heteroatoms. The minimum absolute atomic E-state index is 0.0135. The van der Waals surface area contributed by atoms with Gasteiger partial charge in [-0.15, -0.1) is 0 Å². The Labute approximate surface area is 192 Å². The molecule has 0 aliphatic carbocycles. The number of fused-ring (bicyclic) bond motifs is 1. The first-order valence-corrected chi connectivity index (χ1v) is 11.0. The van der Waals surface area contributed by atoms with Crippen molar-refractivity contribution in [2.75, 3.05) is 40.4 Å². The van der Waals surface area contributed by atoms with Gasteiger partial charge in [0.1, 0.15) is 12.2 Å². The number of ether oxygens (including phenoxy) is 1. The molecule has 0 saturated carbocycles. The second-order valence-corrected chi connectivity index (χ2v) is 8.17. The van der Waals surface area contributed by atoms with E-state index < -0.39 is 24.2 Å². The number of amides is 4. The Morgan fingerprint density at radius 3 is 2.61 bits per heavy atom. The molecular weight excluding hydrogens is 430 g/mol. The second kappa shape index (κ2) is 11.1. The highest BCUT2D eigenvalue weighted by molar-refractivity contribution is 5.91. The molecule has 33 heavy (non-hydrogen) atoms. The zero-order valence-electron chi connectivity index (χ0n) is 19.0. The lowest BCUT2D eigenvalue weighted by Crippen LogP contribution is -2.76. The number of methoxy groups -OCH3 is 1. The molecule has 1 aromatic rings. The van der Waals surface area contributed by atoms with Gasteiger partial charge in [0.2, 0.25) is 11.8 Å². The molecular formula is C22H31N5O6. The van der Waals surface area contributed by atoms with E-state index in [1.54, 1.807) is 24.1 Å². The first-order chi connectivity index (χ1) is 15.8. The van der Waals surface area contributed by atoms with E-state index in [2.05, 4.69) is 5.32 Å². The van der Waals surface area contributed by atoms with Crippen LogP contribution in [0.1, 0.15) is 24.8 Å². The summed E-state index contributed by atoms with van der Waals surface area (Å²) in [5, 5.41) is 15.0. The quantitative estimate of drug-likeness (QED) is 0.508. The third-order valence-corrected chi connectivity index (χ3v) is 5.84. The fourth-order valence-electron chi connectivity index (χ4n) is 4.30. The SMILES string of the molecule is COCCCN1C[C@H]2N(C(=O)CN(C)N2C(=O)NCc2ccccc2)[C@@H](CCC(=O)O)C1=O. The highest BCUT2D eigenvalue weighted by Crippen LogP contribution is 2.28. The number of hydrogen-bond acceptors (Lipinski definition) is 6. The topological polar surface area (TPSA) is 123 Å². The van der Waals surface area contributed by atoms with Gasteiger partial charge in [0.15, 0.2) is 0 Å². The number of carboxylic acids is 1. The van der Waals surface area contributed by atoms with E-state index >= 15 is 0 Å². The molecule has 2 fully saturated rings. The van der Waals surface area contributed by atoms with Crippen LogP contribution in [0.15, 0.2) is 30.3 Å². The number of urea groups is 1. The van der Waals surface area contributed by atoms with Crippen molar-refractivity contribution in [3.8, 4) is 0 Å². The number of likely N-dealkylation sites (N-methyl/N-ethyl adjacent to an activating group) is 1. The molecule has 2 aliphatic heterocycles. The van der Waals surface area contributed by atoms with Gasteiger partial charge in [-0.1, -0.05) is 30.3 Å². The van der Waals surface area contributed by atoms with E-state index in [4.69, 9.17) is 9.84 Å². The van der Waals surface area contributed by atoms with Gasteiger partial charge in [0.05, 0.1) is 13.1 Å². The first-order valence-electron chi connectivity index (χ1n) is 11.0. The van der Waals surface area contributed by atoms with Crippen LogP contribution in [-0.4, -0.2) is 101 Å². The normalized spacial score (nSPS) is 21.2. The van der Waals surface area contributed by atoms with Crippen molar-refractivity contribution < 1.29 is 29.0 Å². The van der Waals surface area contributed by atoms with E-state index in [-0.39, 0.29) is 37.7 Å². The number of carbonyl (C=O) groups is 4. The largest absolute Gasteiger partial charge is 0.481 e. The zero-order chi connectivity index (χ0) is 24.0. The molecule has 11 nitrogen and oxygen atoms in total. The maximum atomic E-state index is 13.2. The lowest BCUT2D eigenvalue weighted by molar-refractivity contribution is -0.187. The van der Waals surface area contributed by atoms with Crippen molar-refractivity contribution in [2.45, 2.75) is 38.0 Å². The van der Waals surface area contributed by atoms with E-state index in [0.29, 0.717) is 26.1 Å². The van der Waals surface area contributed by atoms with Gasteiger partial charge in [0.25, 0.3) is 0 Å². The van der Waals surface area contributed by atoms with Crippen LogP contribution in [0.5, 0.6) is 0 Å². The highest BCUT2D eigenvalue weighted by Gasteiger charge is 2.50. The summed E-state index contributed by atoms with van der Waals surface area (Å²) >= 11 is 0. The molecule has 0 unspecified atom stereocenters. The summed E-state index contributed by atoms with van der Waals surface area (Å²) in [6.45, 7) is 1.20. The summed E-state index contributed by atoms with van der Waals surface area (Å²) in [4.78, 5) is 53.5. The molecule has 0 spiro atoms. The molecule has 2 heterocycles. The maximum Gasteiger partial charge on any atom is 0.334 e. The second-order valence-electron chi connectivity index (χ2n) is 8.17. The number of carboxylic acid groups (broad SMARTS) is 1. The van der Waals surface area contributed by atoms with Crippen LogP contribution < -0.4 is 5.32 Å². The predicted molar refractivity (Wildman–Crippen MR) is 118 cm³/mol. The number of hydrazine groups is 1. The van der Waals surface area contributed by atoms with E-state index in [1.165, 1.54) is 9.91 Å². The van der Waals surface area contributed by atoms with Crippen LogP contribution in [0.25, 0.3) is 0 Å². The zero-order valence-corrected chi connectivity index (χ0v) is 19.0. The van der Waals surface area contributed by atoms with Crippen molar-refractivity contribution in [2.24, 2.45) is 0 Å². The van der Waals surface area contributed by atoms with Crippen molar-refractivity contribution >= 4 is 23.8 Å². The fourth-order valence-corrected chi connectivity index (χ4v) is 4.30. The summed E-state index contributed by atoms with van der Waals surface area (Å²) in [6, 6.07) is 8.12. The molecule has 4 amide bonds. The molecule has 2 atom stereocenters. The third kappa shape index (κ3) is 5.79. The van der Waals surface area contributed by atoms with Gasteiger partial charge in [0, 0.05) is 40.3 Å². The predicted octanol–water partition coefficient (Wildman–Crippen LogP) is 0.325. The summed E-state index contributed by atoms with van der Waals surface area (Å²) in [5.41, 5.74) is 0.929. The number of nitrogens with zero attached hydrogens (tertiary/aromatic N) is 4. The lowest BCUT2D eigenvalue weighted by Gasteiger charge is -2.54. The molecule has 2 saturated heterocycles. The van der Waals surface area contributed by atoms with E-state index in [1.807, 2.05) is 30.3 Å². The monoisotopic (exact) mass is 461 g/mol. The van der Waals surface area contributed by atoms with Gasteiger partial charge in [-0.05, 0) is 18.4 Å². The Hall–Kier alpha value is -3.18. The number of aliphatic carboxylic acids is 1. The van der Waals surface area contributed by atoms with Gasteiger partial charge in [-0.2, -0.15) is 0 Å². The first kappa shape index (κ1) is 24.5. The molecule has 1 aromatic carbocycles. The molecule has 0 radical (unpaired) electrons. The average molecular weight is 462 g/mol. The van der Waals surface area contributed by atoms with Crippen LogP contribution in [0.2, 0.25) is 0 Å². The van der Waals surface area contributed by atoms with Gasteiger partial charge < -0.3 is 25.0 Å². The summed E-state index contributed by atoms with van der Waals surface area (Å²) in [7, 11) is 3.22. The van der Waals surface area contributed by atoms with Crippen LogP contribution in [-0.2, 0) is 25.7 Å². The van der Waals surface area contributed by atoms with Crippen LogP contribution in [0.3, 0.4) is 0 Å². The van der Waals surface area contributed by atoms with E-state index in [0.717, 1.165) is 5.56 Å². The number of nitrogens with one attached hydrogen (secondary N) is 1. The minimum Gasteiger partial charge on any atom is -0.481 e. The fraction of sp³-hybridized carbons (Fsp3) is 0.545. The minimum atomic E-state index is -1.05. The number of carbonyl (C=O) groups excluding carboxylic acids is 3. The average Bonchev–Trinajstić information content (AvgIpc) is 2.78. The van der Waals surface area contributed by atoms with E-state index in [9.17, 15) is 19.2 Å². The van der Waals surface area contributed by atoms with Crippen molar-refractivity contribution in [3.63, 3.8) is 0 Å². The van der Waals surface area contributed by atoms with Crippen LogP contribution in [0.4, 0.5) is 4.79 Å². The Balaban J connectivity index is 1.83. The summed E-state index contributed by atoms with van der Waals surface area (Å²) in [5.74, 6) is -1.66. The number of benzene rings is 1. The number of hydrogen-bond donors (Lipinski definition) is 2. The van der Waals surface area contributed by atoms with Crippen LogP contribution in [0, 0.1) is 0 Å². The molecule has 2 aliphatic rings. The van der Waals surface area contributed by atoms with Gasteiger partial charge >= 0.3 is 12.0 Å². The Morgan fingerprint density at radius 2 is 1.94 bits per heavy atom. The van der Waals surface area contributed by atoms with Gasteiger partial charge in [-0.25, -0.2) is 14.8 Å². The Morgan fingerprint density at radius 1 is 1.21 bits per heavy atom. The number of rotatable bonds is 9. The Bertz CT molecular complexity index is 866. The maximum absolute atomic E-state index is 13.2. The molecule has 3 rings (SSSR count). The molecule has 0 aromatic heterocycles. The smallest absolute Gasteiger partial charge is 0.334 e. The number of piperazine rings is 1. The lowest BCUT2D eigenvalue weighted by atomic mass is 10.0. The third-order valence-electron chi connectivity index (χ3n) is 5.84. The molecule has 180 valence electrons. The Kier molecular flexibility index (Phi) is 8.23. The molecule has 2 N–H and O–H groups in total. The van der Waals surface area contributed by atoms with Crippen molar-refractivity contribution in [3.05, 3.63) is 35.9 Å².